The Bertz CT molecular complexity index is 323. The highest BCUT2D eigenvalue weighted by Gasteiger charge is 2.46. The van der Waals surface area contributed by atoms with Crippen LogP contribution < -0.4 is 11.1 Å². The second kappa shape index (κ2) is 7.26. The van der Waals surface area contributed by atoms with Gasteiger partial charge in [-0.3, -0.25) is 4.79 Å². The van der Waals surface area contributed by atoms with Crippen molar-refractivity contribution in [3.63, 3.8) is 0 Å². The number of halogens is 3. The lowest BCUT2D eigenvalue weighted by atomic mass is 9.84. The van der Waals surface area contributed by atoms with Gasteiger partial charge >= 0.3 is 6.18 Å². The topological polar surface area (TPSA) is 64.3 Å². The maximum absolute atomic E-state index is 11.9. The number of nitrogens with two attached hydrogens (primary N) is 1. The summed E-state index contributed by atoms with van der Waals surface area (Å²) in [6, 6.07) is 0. The number of hydrogen-bond acceptors (Lipinski definition) is 3. The molecular formula is C13H23F3N2O2. The number of ether oxygens (including phenoxy) is 1. The van der Waals surface area contributed by atoms with Crippen LogP contribution in [0.3, 0.4) is 0 Å². The van der Waals surface area contributed by atoms with Crippen molar-refractivity contribution in [1.82, 2.24) is 5.32 Å². The highest BCUT2D eigenvalue weighted by molar-refractivity contribution is 5.85. The minimum Gasteiger partial charge on any atom is -0.381 e. The summed E-state index contributed by atoms with van der Waals surface area (Å²) in [7, 11) is 1.72. The molecule has 1 amide bonds. The summed E-state index contributed by atoms with van der Waals surface area (Å²) < 4.78 is 41.0. The number of rotatable bonds is 8. The van der Waals surface area contributed by atoms with E-state index in [0.717, 1.165) is 12.8 Å². The summed E-state index contributed by atoms with van der Waals surface area (Å²) in [4.78, 5) is 11.6. The van der Waals surface area contributed by atoms with E-state index in [9.17, 15) is 18.0 Å². The Labute approximate surface area is 117 Å². The Morgan fingerprint density at radius 1 is 1.45 bits per heavy atom. The minimum atomic E-state index is -4.12. The van der Waals surface area contributed by atoms with Crippen LogP contribution in [0.5, 0.6) is 0 Å². The molecule has 0 heterocycles. The molecule has 0 radical (unpaired) electrons. The number of alkyl halides is 3. The van der Waals surface area contributed by atoms with Gasteiger partial charge in [-0.2, -0.15) is 13.2 Å². The van der Waals surface area contributed by atoms with Gasteiger partial charge in [-0.05, 0) is 38.6 Å². The molecule has 0 aliphatic heterocycles. The predicted octanol–water partition coefficient (Wildman–Crippen LogP) is 1.98. The number of nitrogens with one attached hydrogen (secondary N) is 1. The quantitative estimate of drug-likeness (QED) is 0.673. The molecule has 2 unspecified atom stereocenters. The number of carbonyl (C=O) groups excluding carboxylic acids is 1. The van der Waals surface area contributed by atoms with Crippen molar-refractivity contribution in [3.05, 3.63) is 0 Å². The van der Waals surface area contributed by atoms with Crippen LogP contribution >= 0.6 is 0 Å². The molecule has 0 aromatic heterocycles. The summed E-state index contributed by atoms with van der Waals surface area (Å²) in [6.45, 7) is 0.453. The van der Waals surface area contributed by atoms with E-state index in [-0.39, 0.29) is 24.9 Å². The fourth-order valence-corrected chi connectivity index (χ4v) is 2.95. The van der Waals surface area contributed by atoms with Gasteiger partial charge in [-0.15, -0.1) is 0 Å². The first-order chi connectivity index (χ1) is 9.32. The maximum Gasteiger partial charge on any atom is 0.389 e. The normalized spacial score (nSPS) is 26.9. The fourth-order valence-electron chi connectivity index (χ4n) is 2.95. The monoisotopic (exact) mass is 296 g/mol. The summed E-state index contributed by atoms with van der Waals surface area (Å²) in [5.74, 6) is -0.271. The summed E-state index contributed by atoms with van der Waals surface area (Å²) in [5.41, 5.74) is 4.78. The summed E-state index contributed by atoms with van der Waals surface area (Å²) >= 11 is 0. The molecule has 7 heteroatoms. The van der Waals surface area contributed by atoms with Crippen molar-refractivity contribution in [3.8, 4) is 0 Å². The van der Waals surface area contributed by atoms with Crippen molar-refractivity contribution < 1.29 is 22.7 Å². The molecule has 3 N–H and O–H groups in total. The molecule has 1 saturated carbocycles. The van der Waals surface area contributed by atoms with E-state index in [0.29, 0.717) is 19.4 Å². The van der Waals surface area contributed by atoms with Crippen LogP contribution in [0.25, 0.3) is 0 Å². The zero-order valence-electron chi connectivity index (χ0n) is 11.8. The van der Waals surface area contributed by atoms with E-state index in [1.807, 2.05) is 0 Å². The van der Waals surface area contributed by atoms with Gasteiger partial charge in [-0.25, -0.2) is 0 Å². The van der Waals surface area contributed by atoms with Crippen molar-refractivity contribution in [2.75, 3.05) is 20.3 Å². The lowest BCUT2D eigenvalue weighted by molar-refractivity contribution is -0.138. The second-order valence-electron chi connectivity index (χ2n) is 5.29. The van der Waals surface area contributed by atoms with Gasteiger partial charge in [0.05, 0.1) is 0 Å². The third kappa shape index (κ3) is 4.63. The molecule has 1 fully saturated rings. The Balaban J connectivity index is 2.26. The molecule has 4 nitrogen and oxygen atoms in total. The molecule has 1 aliphatic rings. The molecular weight excluding hydrogens is 273 g/mol. The molecule has 118 valence electrons. The average molecular weight is 296 g/mol. The first-order valence-electron chi connectivity index (χ1n) is 6.95. The van der Waals surface area contributed by atoms with Gasteiger partial charge in [0.15, 0.2) is 0 Å². The molecule has 1 rings (SSSR count). The van der Waals surface area contributed by atoms with Crippen molar-refractivity contribution >= 4 is 5.91 Å². The maximum atomic E-state index is 11.9. The zero-order valence-corrected chi connectivity index (χ0v) is 11.8. The van der Waals surface area contributed by atoms with E-state index in [4.69, 9.17) is 10.5 Å². The van der Waals surface area contributed by atoms with E-state index < -0.39 is 18.1 Å². The number of amides is 1. The van der Waals surface area contributed by atoms with E-state index in [1.54, 1.807) is 7.05 Å². The third-order valence-corrected chi connectivity index (χ3v) is 4.07. The Morgan fingerprint density at radius 3 is 2.70 bits per heavy atom. The first-order valence-corrected chi connectivity index (χ1v) is 6.95. The van der Waals surface area contributed by atoms with Crippen LogP contribution in [-0.2, 0) is 9.53 Å². The van der Waals surface area contributed by atoms with Crippen molar-refractivity contribution in [1.29, 1.82) is 0 Å². The lowest BCUT2D eigenvalue weighted by Crippen LogP contribution is -2.56. The third-order valence-electron chi connectivity index (χ3n) is 4.07. The van der Waals surface area contributed by atoms with Crippen LogP contribution in [0, 0.1) is 5.92 Å². The Morgan fingerprint density at radius 2 is 2.15 bits per heavy atom. The molecule has 2 atom stereocenters. The standard InChI is InChI=1S/C13H23F3N2O2/c1-18-12(11(17)19)6-2-4-10(12)5-9-20-8-3-7-13(14,15)16/h10,18H,2-9H2,1H3,(H2,17,19). The van der Waals surface area contributed by atoms with Gasteiger partial charge in [0.1, 0.15) is 5.54 Å². The zero-order chi connectivity index (χ0) is 15.2. The van der Waals surface area contributed by atoms with Crippen LogP contribution in [0.15, 0.2) is 0 Å². The Hall–Kier alpha value is -0.820. The largest absolute Gasteiger partial charge is 0.389 e. The van der Waals surface area contributed by atoms with Gasteiger partial charge in [-0.1, -0.05) is 6.42 Å². The summed E-state index contributed by atoms with van der Waals surface area (Å²) in [6.07, 6.45) is -1.83. The smallest absolute Gasteiger partial charge is 0.381 e. The lowest BCUT2D eigenvalue weighted by Gasteiger charge is -2.32. The van der Waals surface area contributed by atoms with Gasteiger partial charge in [0, 0.05) is 19.6 Å². The van der Waals surface area contributed by atoms with E-state index >= 15 is 0 Å². The number of likely N-dealkylation sites (N-methyl/N-ethyl adjacent to an activating group) is 1. The number of primary amides is 1. The van der Waals surface area contributed by atoms with Crippen LogP contribution in [0.1, 0.15) is 38.5 Å². The van der Waals surface area contributed by atoms with E-state index in [2.05, 4.69) is 5.32 Å². The molecule has 0 saturated heterocycles. The highest BCUT2D eigenvalue weighted by atomic mass is 19.4. The van der Waals surface area contributed by atoms with Crippen molar-refractivity contribution in [2.45, 2.75) is 50.2 Å². The van der Waals surface area contributed by atoms with Crippen LogP contribution in [0.4, 0.5) is 13.2 Å². The van der Waals surface area contributed by atoms with Crippen LogP contribution in [0.2, 0.25) is 0 Å². The number of carbonyl (C=O) groups is 1. The van der Waals surface area contributed by atoms with Crippen molar-refractivity contribution in [2.24, 2.45) is 11.7 Å². The highest BCUT2D eigenvalue weighted by Crippen LogP contribution is 2.37. The summed E-state index contributed by atoms with van der Waals surface area (Å²) in [5, 5.41) is 3.02. The predicted molar refractivity (Wildman–Crippen MR) is 69.1 cm³/mol. The first kappa shape index (κ1) is 17.2. The van der Waals surface area contributed by atoms with Gasteiger partial charge < -0.3 is 15.8 Å². The van der Waals surface area contributed by atoms with Gasteiger partial charge in [0.25, 0.3) is 0 Å². The number of hydrogen-bond donors (Lipinski definition) is 2. The van der Waals surface area contributed by atoms with Crippen LogP contribution in [-0.4, -0.2) is 37.9 Å². The average Bonchev–Trinajstić information content (AvgIpc) is 2.76. The SMILES string of the molecule is CNC1(C(N)=O)CCCC1CCOCCCC(F)(F)F. The molecule has 0 spiro atoms. The molecule has 0 aromatic carbocycles. The Kier molecular flexibility index (Phi) is 6.26. The molecule has 0 aromatic rings. The fraction of sp³-hybridized carbons (Fsp3) is 0.923. The van der Waals surface area contributed by atoms with Gasteiger partial charge in [0.2, 0.25) is 5.91 Å². The molecule has 20 heavy (non-hydrogen) atoms. The minimum absolute atomic E-state index is 0.0266. The molecule has 1 aliphatic carbocycles. The second-order valence-corrected chi connectivity index (χ2v) is 5.29. The molecule has 0 bridgehead atoms. The van der Waals surface area contributed by atoms with E-state index in [1.165, 1.54) is 0 Å².